The van der Waals surface area contributed by atoms with Crippen LogP contribution in [0.4, 0.5) is 5.69 Å². The van der Waals surface area contributed by atoms with E-state index in [1.54, 1.807) is 16.8 Å². The minimum atomic E-state index is -0.0810. The third-order valence-electron chi connectivity index (χ3n) is 7.02. The zero-order chi connectivity index (χ0) is 22.6. The van der Waals surface area contributed by atoms with Crippen molar-refractivity contribution in [3.8, 4) is 11.4 Å². The van der Waals surface area contributed by atoms with E-state index in [1.807, 2.05) is 25.1 Å². The fourth-order valence-corrected chi connectivity index (χ4v) is 5.06. The van der Waals surface area contributed by atoms with Crippen molar-refractivity contribution < 1.29 is 9.59 Å². The van der Waals surface area contributed by atoms with Gasteiger partial charge in [0.1, 0.15) is 12.2 Å². The zero-order valence-corrected chi connectivity index (χ0v) is 19.3. The lowest BCUT2D eigenvalue weighted by Gasteiger charge is -2.28. The number of rotatable bonds is 4. The topological polar surface area (TPSA) is 85.1 Å². The van der Waals surface area contributed by atoms with E-state index in [-0.39, 0.29) is 18.4 Å². The monoisotopic (exact) mass is 433 g/mol. The number of amides is 2. The fraction of sp³-hybridized carbons (Fsp3) is 0.480. The number of carbonyl (C=O) groups excluding carboxylic acids is 2. The summed E-state index contributed by atoms with van der Waals surface area (Å²) in [5, 5.41) is 8.97. The summed E-state index contributed by atoms with van der Waals surface area (Å²) in [6.45, 7) is 7.43. The molecule has 3 aromatic rings. The van der Waals surface area contributed by atoms with Crippen LogP contribution in [-0.4, -0.2) is 52.0 Å². The molecule has 1 aliphatic heterocycles. The van der Waals surface area contributed by atoms with Crippen molar-refractivity contribution in [1.29, 1.82) is 0 Å². The van der Waals surface area contributed by atoms with E-state index < -0.39 is 0 Å². The summed E-state index contributed by atoms with van der Waals surface area (Å²) in [5.74, 6) is 0.296. The number of likely N-dealkylation sites (tertiary alicyclic amines) is 1. The predicted octanol–water partition coefficient (Wildman–Crippen LogP) is 3.90. The molecule has 7 heteroatoms. The second-order valence-corrected chi connectivity index (χ2v) is 10.4. The van der Waals surface area contributed by atoms with Gasteiger partial charge in [0.2, 0.25) is 11.8 Å². The van der Waals surface area contributed by atoms with Gasteiger partial charge in [-0.2, -0.15) is 5.10 Å². The first-order valence-electron chi connectivity index (χ1n) is 11.4. The zero-order valence-electron chi connectivity index (χ0n) is 19.3. The summed E-state index contributed by atoms with van der Waals surface area (Å²) in [5.41, 5.74) is 6.64. The van der Waals surface area contributed by atoms with Crippen molar-refractivity contribution in [2.75, 3.05) is 25.0 Å². The molecule has 2 amide bonds. The van der Waals surface area contributed by atoms with E-state index in [1.165, 1.54) is 11.3 Å². The Labute approximate surface area is 188 Å². The summed E-state index contributed by atoms with van der Waals surface area (Å²) in [6.07, 6.45) is 3.73. The van der Waals surface area contributed by atoms with Gasteiger partial charge in [0.15, 0.2) is 0 Å². The highest BCUT2D eigenvalue weighted by Crippen LogP contribution is 2.38. The van der Waals surface area contributed by atoms with Crippen LogP contribution >= 0.6 is 0 Å². The molecule has 0 bridgehead atoms. The normalized spacial score (nSPS) is 20.1. The lowest BCUT2D eigenvalue weighted by molar-refractivity contribution is -0.132. The molecule has 2 N–H and O–H groups in total. The van der Waals surface area contributed by atoms with Gasteiger partial charge in [-0.25, -0.2) is 0 Å². The van der Waals surface area contributed by atoms with Crippen LogP contribution in [-0.2, 0) is 22.4 Å². The third-order valence-corrected chi connectivity index (χ3v) is 7.02. The van der Waals surface area contributed by atoms with E-state index in [0.29, 0.717) is 24.3 Å². The van der Waals surface area contributed by atoms with Crippen LogP contribution in [0.2, 0.25) is 0 Å². The number of nitrogens with one attached hydrogen (secondary N) is 2. The van der Waals surface area contributed by atoms with Crippen LogP contribution in [0, 0.1) is 11.3 Å². The van der Waals surface area contributed by atoms with E-state index in [0.717, 1.165) is 47.2 Å². The molecule has 1 aromatic carbocycles. The maximum absolute atomic E-state index is 12.8. The second kappa shape index (κ2) is 7.50. The standard InChI is InChI=1S/C25H31N5O2/c1-15-9-22(31)30(13-15)14-23(32)29(4)17-6-5-16-10-20(26-19(16)11-17)24-18-7-8-25(2,3)12-21(18)27-28-24/h5-6,10-11,15,26H,7-9,12-14H2,1-4H3,(H,27,28). The molecule has 32 heavy (non-hydrogen) atoms. The average molecular weight is 434 g/mol. The van der Waals surface area contributed by atoms with E-state index in [2.05, 4.69) is 35.1 Å². The van der Waals surface area contributed by atoms with Crippen LogP contribution in [0.25, 0.3) is 22.3 Å². The van der Waals surface area contributed by atoms with Gasteiger partial charge in [-0.15, -0.1) is 0 Å². The molecule has 0 radical (unpaired) electrons. The molecule has 1 aliphatic carbocycles. The van der Waals surface area contributed by atoms with Crippen molar-refractivity contribution in [2.45, 2.75) is 46.5 Å². The summed E-state index contributed by atoms with van der Waals surface area (Å²) < 4.78 is 0. The number of carbonyl (C=O) groups is 2. The molecule has 2 aromatic heterocycles. The first-order valence-corrected chi connectivity index (χ1v) is 11.4. The van der Waals surface area contributed by atoms with Crippen molar-refractivity contribution in [1.82, 2.24) is 20.1 Å². The maximum Gasteiger partial charge on any atom is 0.246 e. The third kappa shape index (κ3) is 3.70. The predicted molar refractivity (Wildman–Crippen MR) is 125 cm³/mol. The Balaban J connectivity index is 1.37. The quantitative estimate of drug-likeness (QED) is 0.654. The molecule has 1 fully saturated rings. The summed E-state index contributed by atoms with van der Waals surface area (Å²) in [4.78, 5) is 31.7. The Kier molecular flexibility index (Phi) is 4.87. The number of aromatic amines is 2. The van der Waals surface area contributed by atoms with Crippen LogP contribution in [0.3, 0.4) is 0 Å². The van der Waals surface area contributed by atoms with Gasteiger partial charge in [-0.1, -0.05) is 26.8 Å². The summed E-state index contributed by atoms with van der Waals surface area (Å²) in [6, 6.07) is 8.10. The molecule has 1 unspecified atom stereocenters. The SMILES string of the molecule is CC1CC(=O)N(CC(=O)N(C)c2ccc3cc(-c4n[nH]c5c4CCC(C)(C)C5)[nH]c3c2)C1. The Morgan fingerprint density at radius 2 is 2.12 bits per heavy atom. The minimum Gasteiger partial charge on any atom is -0.353 e. The van der Waals surface area contributed by atoms with Crippen molar-refractivity contribution in [2.24, 2.45) is 11.3 Å². The Morgan fingerprint density at radius 1 is 1.31 bits per heavy atom. The number of hydrogen-bond acceptors (Lipinski definition) is 3. The smallest absolute Gasteiger partial charge is 0.246 e. The maximum atomic E-state index is 12.8. The second-order valence-electron chi connectivity index (χ2n) is 10.4. The number of H-pyrrole nitrogens is 2. The fourth-order valence-electron chi connectivity index (χ4n) is 5.06. The van der Waals surface area contributed by atoms with E-state index in [4.69, 9.17) is 0 Å². The van der Waals surface area contributed by atoms with Crippen LogP contribution < -0.4 is 4.90 Å². The van der Waals surface area contributed by atoms with E-state index >= 15 is 0 Å². The molecule has 7 nitrogen and oxygen atoms in total. The molecule has 0 saturated carbocycles. The Hall–Kier alpha value is -3.09. The molecule has 1 atom stereocenters. The molecule has 2 aliphatic rings. The summed E-state index contributed by atoms with van der Waals surface area (Å²) in [7, 11) is 1.77. The Morgan fingerprint density at radius 3 is 2.88 bits per heavy atom. The largest absolute Gasteiger partial charge is 0.353 e. The highest BCUT2D eigenvalue weighted by molar-refractivity contribution is 5.98. The summed E-state index contributed by atoms with van der Waals surface area (Å²) >= 11 is 0. The van der Waals surface area contributed by atoms with Gasteiger partial charge in [0.25, 0.3) is 0 Å². The molecular weight excluding hydrogens is 402 g/mol. The molecule has 1 saturated heterocycles. The van der Waals surface area contributed by atoms with E-state index in [9.17, 15) is 9.59 Å². The average Bonchev–Trinajstić information content (AvgIpc) is 3.42. The number of hydrogen-bond donors (Lipinski definition) is 2. The van der Waals surface area contributed by atoms with Crippen LogP contribution in [0.1, 0.15) is 44.9 Å². The van der Waals surface area contributed by atoms with Gasteiger partial charge in [-0.3, -0.25) is 14.7 Å². The van der Waals surface area contributed by atoms with Crippen LogP contribution in [0.5, 0.6) is 0 Å². The molecule has 3 heterocycles. The van der Waals surface area contributed by atoms with Crippen molar-refractivity contribution in [3.63, 3.8) is 0 Å². The van der Waals surface area contributed by atoms with Gasteiger partial charge < -0.3 is 14.8 Å². The number of anilines is 1. The number of nitrogens with zero attached hydrogens (tertiary/aromatic N) is 3. The van der Waals surface area contributed by atoms with Gasteiger partial charge in [-0.05, 0) is 48.8 Å². The lowest BCUT2D eigenvalue weighted by Crippen LogP contribution is -2.39. The first-order chi connectivity index (χ1) is 15.2. The lowest BCUT2D eigenvalue weighted by atomic mass is 9.76. The molecule has 0 spiro atoms. The highest BCUT2D eigenvalue weighted by Gasteiger charge is 2.30. The molecule has 168 valence electrons. The first kappa shape index (κ1) is 20.8. The van der Waals surface area contributed by atoms with Gasteiger partial charge >= 0.3 is 0 Å². The van der Waals surface area contributed by atoms with Crippen molar-refractivity contribution in [3.05, 3.63) is 35.5 Å². The van der Waals surface area contributed by atoms with Gasteiger partial charge in [0.05, 0.1) is 5.69 Å². The minimum absolute atomic E-state index is 0.0643. The highest BCUT2D eigenvalue weighted by atomic mass is 16.2. The Bertz CT molecular complexity index is 1200. The van der Waals surface area contributed by atoms with Crippen molar-refractivity contribution >= 4 is 28.4 Å². The number of likely N-dealkylation sites (N-methyl/N-ethyl adjacent to an activating group) is 1. The number of benzene rings is 1. The molecular formula is C25H31N5O2. The molecule has 5 rings (SSSR count). The number of aromatic nitrogens is 3. The van der Waals surface area contributed by atoms with Crippen LogP contribution in [0.15, 0.2) is 24.3 Å². The number of fused-ring (bicyclic) bond motifs is 2. The van der Waals surface area contributed by atoms with Gasteiger partial charge in [0, 0.05) is 47.9 Å².